The van der Waals surface area contributed by atoms with E-state index in [4.69, 9.17) is 9.72 Å². The lowest BCUT2D eigenvalue weighted by Gasteiger charge is -2.29. The molecule has 0 N–H and O–H groups in total. The maximum atomic E-state index is 5.55. The van der Waals surface area contributed by atoms with Crippen LogP contribution in [0.1, 0.15) is 12.8 Å². The highest BCUT2D eigenvalue weighted by molar-refractivity contribution is 6.17. The standard InChI is InChI=1S/C30H31N5O/c1-2-6-27-24(5-1)28-30-29(25-21-23(7-8-26(25)32-28)22-9-11-31-12-10-22)34(15-4-16-35(27)30)14-3-13-33-17-19-36-20-18-33/h1-2,5-12,21H,3-4,13-20H2. The smallest absolute Gasteiger partial charge is 0.0988 e. The molecule has 2 aliphatic rings. The summed E-state index contributed by atoms with van der Waals surface area (Å²) in [7, 11) is 0. The van der Waals surface area contributed by atoms with Crippen LogP contribution in [0.2, 0.25) is 0 Å². The van der Waals surface area contributed by atoms with Crippen molar-refractivity contribution in [2.24, 2.45) is 0 Å². The third-order valence-electron chi connectivity index (χ3n) is 7.80. The molecule has 0 aliphatic carbocycles. The molecule has 0 bridgehead atoms. The van der Waals surface area contributed by atoms with Crippen LogP contribution in [0.5, 0.6) is 0 Å². The second kappa shape index (κ2) is 9.19. The number of para-hydroxylation sites is 1. The van der Waals surface area contributed by atoms with Crippen LogP contribution in [0.4, 0.5) is 5.69 Å². The van der Waals surface area contributed by atoms with Crippen LogP contribution in [0.3, 0.4) is 0 Å². The van der Waals surface area contributed by atoms with Crippen molar-refractivity contribution in [2.75, 3.05) is 50.8 Å². The molecule has 36 heavy (non-hydrogen) atoms. The molecular weight excluding hydrogens is 446 g/mol. The molecule has 0 atom stereocenters. The molecule has 3 aromatic heterocycles. The van der Waals surface area contributed by atoms with Crippen molar-refractivity contribution in [3.8, 4) is 11.1 Å². The van der Waals surface area contributed by atoms with E-state index in [0.29, 0.717) is 0 Å². The van der Waals surface area contributed by atoms with E-state index in [1.807, 2.05) is 12.4 Å². The number of pyridine rings is 2. The van der Waals surface area contributed by atoms with Gasteiger partial charge in [-0.1, -0.05) is 24.3 Å². The molecule has 0 saturated carbocycles. The predicted molar refractivity (Wildman–Crippen MR) is 147 cm³/mol. The number of benzene rings is 2. The normalized spacial score (nSPS) is 16.7. The quantitative estimate of drug-likeness (QED) is 0.342. The van der Waals surface area contributed by atoms with Gasteiger partial charge in [0.15, 0.2) is 0 Å². The van der Waals surface area contributed by atoms with Gasteiger partial charge in [0.2, 0.25) is 0 Å². The highest BCUT2D eigenvalue weighted by atomic mass is 16.5. The van der Waals surface area contributed by atoms with Crippen LogP contribution < -0.4 is 4.90 Å². The number of fused-ring (bicyclic) bond motifs is 5. The van der Waals surface area contributed by atoms with Gasteiger partial charge in [0.25, 0.3) is 0 Å². The molecule has 1 saturated heterocycles. The number of rotatable bonds is 5. The first kappa shape index (κ1) is 21.8. The van der Waals surface area contributed by atoms with Crippen molar-refractivity contribution in [3.63, 3.8) is 0 Å². The number of ether oxygens (including phenoxy) is 1. The number of aryl methyl sites for hydroxylation is 1. The zero-order valence-corrected chi connectivity index (χ0v) is 20.6. The highest BCUT2D eigenvalue weighted by Crippen LogP contribution is 2.42. The summed E-state index contributed by atoms with van der Waals surface area (Å²) in [5, 5.41) is 2.50. The topological polar surface area (TPSA) is 46.4 Å². The fourth-order valence-electron chi connectivity index (χ4n) is 6.05. The Morgan fingerprint density at radius 3 is 2.56 bits per heavy atom. The predicted octanol–water partition coefficient (Wildman–Crippen LogP) is 5.34. The number of aromatic nitrogens is 3. The lowest BCUT2D eigenvalue weighted by Crippen LogP contribution is -2.38. The summed E-state index contributed by atoms with van der Waals surface area (Å²) < 4.78 is 8.07. The SMILES string of the molecule is c1ccc2c(c1)c1nc3ccc(-c4ccncc4)cc3c3c1n2CCCN3CCCN1CCOCC1. The van der Waals surface area contributed by atoms with Crippen LogP contribution >= 0.6 is 0 Å². The summed E-state index contributed by atoms with van der Waals surface area (Å²) in [4.78, 5) is 14.7. The molecule has 0 radical (unpaired) electrons. The molecule has 6 nitrogen and oxygen atoms in total. The van der Waals surface area contributed by atoms with Gasteiger partial charge < -0.3 is 14.2 Å². The van der Waals surface area contributed by atoms with Crippen LogP contribution in [-0.2, 0) is 11.3 Å². The average molecular weight is 478 g/mol. The first-order valence-electron chi connectivity index (χ1n) is 13.2. The lowest BCUT2D eigenvalue weighted by atomic mass is 10.0. The Labute approximate surface area is 211 Å². The third-order valence-corrected chi connectivity index (χ3v) is 7.80. The van der Waals surface area contributed by atoms with Gasteiger partial charge in [0.05, 0.1) is 41.0 Å². The maximum Gasteiger partial charge on any atom is 0.0988 e. The molecule has 2 aliphatic heterocycles. The molecule has 6 heteroatoms. The summed E-state index contributed by atoms with van der Waals surface area (Å²) in [6, 6.07) is 19.7. The summed E-state index contributed by atoms with van der Waals surface area (Å²) in [6.45, 7) is 8.07. The van der Waals surface area contributed by atoms with Crippen LogP contribution in [0.15, 0.2) is 67.0 Å². The molecule has 0 unspecified atom stereocenters. The summed E-state index contributed by atoms with van der Waals surface area (Å²) >= 11 is 0. The molecule has 5 heterocycles. The highest BCUT2D eigenvalue weighted by Gasteiger charge is 2.25. The van der Waals surface area contributed by atoms with Gasteiger partial charge in [-0.15, -0.1) is 0 Å². The monoisotopic (exact) mass is 477 g/mol. The van der Waals surface area contributed by atoms with Gasteiger partial charge in [-0.3, -0.25) is 9.88 Å². The van der Waals surface area contributed by atoms with E-state index in [-0.39, 0.29) is 0 Å². The Kier molecular flexibility index (Phi) is 5.56. The van der Waals surface area contributed by atoms with Crippen molar-refractivity contribution in [2.45, 2.75) is 19.4 Å². The Morgan fingerprint density at radius 2 is 1.67 bits per heavy atom. The van der Waals surface area contributed by atoms with Crippen LogP contribution in [-0.4, -0.2) is 65.4 Å². The van der Waals surface area contributed by atoms with E-state index in [1.54, 1.807) is 0 Å². The zero-order chi connectivity index (χ0) is 23.9. The van der Waals surface area contributed by atoms with E-state index >= 15 is 0 Å². The van der Waals surface area contributed by atoms with Gasteiger partial charge >= 0.3 is 0 Å². The number of nitrogens with zero attached hydrogens (tertiary/aromatic N) is 5. The summed E-state index contributed by atoms with van der Waals surface area (Å²) in [6.07, 6.45) is 6.01. The molecule has 1 fully saturated rings. The second-order valence-corrected chi connectivity index (χ2v) is 9.94. The van der Waals surface area contributed by atoms with Crippen LogP contribution in [0.25, 0.3) is 44.0 Å². The first-order valence-corrected chi connectivity index (χ1v) is 13.2. The molecule has 0 amide bonds. The van der Waals surface area contributed by atoms with Crippen molar-refractivity contribution in [3.05, 3.63) is 67.0 Å². The summed E-state index contributed by atoms with van der Waals surface area (Å²) in [5.74, 6) is 0. The minimum Gasteiger partial charge on any atom is -0.379 e. The molecule has 0 spiro atoms. The van der Waals surface area contributed by atoms with E-state index in [1.165, 1.54) is 38.6 Å². The van der Waals surface area contributed by atoms with Gasteiger partial charge in [0.1, 0.15) is 0 Å². The van der Waals surface area contributed by atoms with E-state index in [2.05, 4.69) is 73.9 Å². The molecular formula is C30H31N5O. The van der Waals surface area contributed by atoms with Gasteiger partial charge in [0, 0.05) is 62.4 Å². The van der Waals surface area contributed by atoms with Crippen molar-refractivity contribution < 1.29 is 4.74 Å². The van der Waals surface area contributed by atoms with Gasteiger partial charge in [-0.05, 0) is 54.3 Å². The van der Waals surface area contributed by atoms with E-state index in [9.17, 15) is 0 Å². The fourth-order valence-corrected chi connectivity index (χ4v) is 6.05. The number of anilines is 1. The molecule has 2 aromatic carbocycles. The van der Waals surface area contributed by atoms with E-state index in [0.717, 1.165) is 76.4 Å². The third kappa shape index (κ3) is 3.72. The van der Waals surface area contributed by atoms with Crippen molar-refractivity contribution in [1.82, 2.24) is 19.4 Å². The Balaban J connectivity index is 1.39. The lowest BCUT2D eigenvalue weighted by molar-refractivity contribution is 0.0376. The number of morpholine rings is 1. The van der Waals surface area contributed by atoms with Gasteiger partial charge in [-0.2, -0.15) is 0 Å². The van der Waals surface area contributed by atoms with Crippen molar-refractivity contribution in [1.29, 1.82) is 0 Å². The Morgan fingerprint density at radius 1 is 0.806 bits per heavy atom. The largest absolute Gasteiger partial charge is 0.379 e. The second-order valence-electron chi connectivity index (χ2n) is 9.94. The maximum absolute atomic E-state index is 5.55. The minimum absolute atomic E-state index is 0.858. The Hall–Kier alpha value is -3.48. The first-order chi connectivity index (χ1) is 17.9. The van der Waals surface area contributed by atoms with Crippen molar-refractivity contribution >= 4 is 38.5 Å². The minimum atomic E-state index is 0.858. The average Bonchev–Trinajstić information content (AvgIpc) is 3.11. The number of hydrogen-bond donors (Lipinski definition) is 0. The fraction of sp³-hybridized carbons (Fsp3) is 0.333. The molecule has 182 valence electrons. The molecule has 7 rings (SSSR count). The summed E-state index contributed by atoms with van der Waals surface area (Å²) in [5.41, 5.74) is 8.53. The van der Waals surface area contributed by atoms with Gasteiger partial charge in [-0.25, -0.2) is 4.98 Å². The Bertz CT molecular complexity index is 1540. The van der Waals surface area contributed by atoms with Crippen LogP contribution in [0, 0.1) is 0 Å². The molecule has 5 aromatic rings. The zero-order valence-electron chi connectivity index (χ0n) is 20.6. The number of hydrogen-bond acceptors (Lipinski definition) is 5. The van der Waals surface area contributed by atoms with E-state index < -0.39 is 0 Å².